The van der Waals surface area contributed by atoms with Crippen molar-refractivity contribution in [2.45, 2.75) is 25.3 Å². The number of hydrogen-bond donors (Lipinski definition) is 2. The molecule has 0 aliphatic carbocycles. The first-order valence-electron chi connectivity index (χ1n) is 9.86. The number of nitrogens with one attached hydrogen (secondary N) is 2. The molecule has 30 heavy (non-hydrogen) atoms. The first kappa shape index (κ1) is 24.1. The van der Waals surface area contributed by atoms with Crippen molar-refractivity contribution < 1.29 is 13.5 Å². The van der Waals surface area contributed by atoms with Gasteiger partial charge in [0.1, 0.15) is 11.6 Å². The maximum Gasteiger partial charge on any atom is 0.191 e. The molecule has 1 unspecified atom stereocenters. The molecule has 1 aliphatic heterocycles. The van der Waals surface area contributed by atoms with E-state index < -0.39 is 0 Å². The van der Waals surface area contributed by atoms with E-state index in [-0.39, 0.29) is 41.7 Å². The summed E-state index contributed by atoms with van der Waals surface area (Å²) in [4.78, 5) is 10.4. The molecule has 3 rings (SSSR count). The highest BCUT2D eigenvalue weighted by Crippen LogP contribution is 2.20. The van der Waals surface area contributed by atoms with Crippen molar-refractivity contribution in [3.05, 3.63) is 54.2 Å². The summed E-state index contributed by atoms with van der Waals surface area (Å²) < 4.78 is 32.3. The van der Waals surface area contributed by atoms with E-state index in [4.69, 9.17) is 4.74 Å². The van der Waals surface area contributed by atoms with Crippen LogP contribution in [0.3, 0.4) is 0 Å². The number of guanidine groups is 1. The van der Waals surface area contributed by atoms with Gasteiger partial charge in [0.05, 0.1) is 6.61 Å². The highest BCUT2D eigenvalue weighted by Gasteiger charge is 2.25. The minimum atomic E-state index is -0.293. The molecule has 1 fully saturated rings. The summed E-state index contributed by atoms with van der Waals surface area (Å²) in [5.41, 5.74) is 0. The Morgan fingerprint density at radius 2 is 2.03 bits per heavy atom. The minimum absolute atomic E-state index is 0. The average Bonchev–Trinajstić information content (AvgIpc) is 3.19. The fourth-order valence-corrected chi connectivity index (χ4v) is 3.22. The quantitative estimate of drug-likeness (QED) is 0.236. The highest BCUT2D eigenvalue weighted by molar-refractivity contribution is 14.0. The molecule has 0 bridgehead atoms. The smallest absolute Gasteiger partial charge is 0.191 e. The van der Waals surface area contributed by atoms with E-state index >= 15 is 0 Å². The number of ether oxygens (including phenoxy) is 1. The molecular weight excluding hydrogens is 503 g/mol. The lowest BCUT2D eigenvalue weighted by molar-refractivity contribution is 0.306. The standard InChI is InChI=1S/C21H27F2N5O.HI/c1-24-21(26-11-2-3-14-29-18-8-6-16(22)7-9-18)27-17-10-13-28(15-17)20-19(23)5-4-12-25-20;/h4-9,12,17H,2-3,10-11,13-15H2,1H3,(H2,24,26,27);1H. The molecule has 9 heteroatoms. The summed E-state index contributed by atoms with van der Waals surface area (Å²) in [6.45, 7) is 2.77. The molecule has 164 valence electrons. The summed E-state index contributed by atoms with van der Waals surface area (Å²) in [6, 6.07) is 9.24. The van der Waals surface area contributed by atoms with Crippen molar-refractivity contribution >= 4 is 35.8 Å². The Kier molecular flexibility index (Phi) is 10.0. The van der Waals surface area contributed by atoms with Crippen LogP contribution in [0.15, 0.2) is 47.6 Å². The van der Waals surface area contributed by atoms with Gasteiger partial charge in [0, 0.05) is 38.9 Å². The van der Waals surface area contributed by atoms with Crippen LogP contribution in [0.4, 0.5) is 14.6 Å². The van der Waals surface area contributed by atoms with Crippen LogP contribution in [0.5, 0.6) is 5.75 Å². The number of halogens is 3. The fraction of sp³-hybridized carbons (Fsp3) is 0.429. The maximum absolute atomic E-state index is 13.9. The van der Waals surface area contributed by atoms with Crippen LogP contribution in [0.2, 0.25) is 0 Å². The van der Waals surface area contributed by atoms with Gasteiger partial charge in [-0.3, -0.25) is 4.99 Å². The van der Waals surface area contributed by atoms with Crippen molar-refractivity contribution in [3.8, 4) is 5.75 Å². The van der Waals surface area contributed by atoms with E-state index in [1.54, 1.807) is 31.4 Å². The fourth-order valence-electron chi connectivity index (χ4n) is 3.22. The van der Waals surface area contributed by atoms with E-state index in [0.29, 0.717) is 24.7 Å². The maximum atomic E-state index is 13.9. The number of hydrogen-bond acceptors (Lipinski definition) is 4. The second-order valence-corrected chi connectivity index (χ2v) is 6.89. The lowest BCUT2D eigenvalue weighted by atomic mass is 10.3. The molecule has 2 N–H and O–H groups in total. The molecule has 1 saturated heterocycles. The number of benzene rings is 1. The van der Waals surface area contributed by atoms with Crippen LogP contribution < -0.4 is 20.3 Å². The predicted molar refractivity (Wildman–Crippen MR) is 126 cm³/mol. The Balaban J connectivity index is 0.00000320. The van der Waals surface area contributed by atoms with Crippen LogP contribution in [-0.4, -0.2) is 50.3 Å². The van der Waals surface area contributed by atoms with Crippen LogP contribution >= 0.6 is 24.0 Å². The molecule has 0 radical (unpaired) electrons. The average molecular weight is 531 g/mol. The zero-order valence-corrected chi connectivity index (χ0v) is 19.3. The molecule has 2 heterocycles. The van der Waals surface area contributed by atoms with Crippen molar-refractivity contribution in [1.82, 2.24) is 15.6 Å². The number of nitrogens with zero attached hydrogens (tertiary/aromatic N) is 3. The molecule has 0 saturated carbocycles. The van der Waals surface area contributed by atoms with Crippen LogP contribution in [0, 0.1) is 11.6 Å². The summed E-state index contributed by atoms with van der Waals surface area (Å²) in [5, 5.41) is 6.68. The lowest BCUT2D eigenvalue weighted by Gasteiger charge is -2.20. The third kappa shape index (κ3) is 7.26. The van der Waals surface area contributed by atoms with E-state index in [1.807, 2.05) is 4.90 Å². The Hall–Kier alpha value is -2.17. The van der Waals surface area contributed by atoms with Gasteiger partial charge in [-0.2, -0.15) is 0 Å². The monoisotopic (exact) mass is 531 g/mol. The first-order valence-corrected chi connectivity index (χ1v) is 9.86. The van der Waals surface area contributed by atoms with Gasteiger partial charge in [-0.1, -0.05) is 0 Å². The van der Waals surface area contributed by atoms with E-state index in [9.17, 15) is 8.78 Å². The van der Waals surface area contributed by atoms with Crippen molar-refractivity contribution in [2.75, 3.05) is 38.2 Å². The second kappa shape index (κ2) is 12.5. The summed E-state index contributed by atoms with van der Waals surface area (Å²) >= 11 is 0. The zero-order valence-electron chi connectivity index (χ0n) is 17.0. The SMILES string of the molecule is CN=C(NCCCCOc1ccc(F)cc1)NC1CCN(c2ncccc2F)C1.I. The van der Waals surface area contributed by atoms with E-state index in [1.165, 1.54) is 18.2 Å². The molecule has 1 aromatic heterocycles. The van der Waals surface area contributed by atoms with Gasteiger partial charge >= 0.3 is 0 Å². The number of rotatable bonds is 8. The third-order valence-electron chi connectivity index (χ3n) is 4.74. The largest absolute Gasteiger partial charge is 0.494 e. The van der Waals surface area contributed by atoms with Gasteiger partial charge in [0.25, 0.3) is 0 Å². The van der Waals surface area contributed by atoms with Gasteiger partial charge in [0.2, 0.25) is 0 Å². The van der Waals surface area contributed by atoms with Crippen LogP contribution in [0.1, 0.15) is 19.3 Å². The molecular formula is C21H28F2IN5O. The number of pyridine rings is 1. The van der Waals surface area contributed by atoms with Gasteiger partial charge in [-0.05, 0) is 55.7 Å². The van der Waals surface area contributed by atoms with Gasteiger partial charge in [-0.15, -0.1) is 24.0 Å². The molecule has 6 nitrogen and oxygen atoms in total. The molecule has 1 aromatic carbocycles. The van der Waals surface area contributed by atoms with Gasteiger partial charge < -0.3 is 20.3 Å². The molecule has 1 aliphatic rings. The summed E-state index contributed by atoms with van der Waals surface area (Å²) in [7, 11) is 1.73. The van der Waals surface area contributed by atoms with E-state index in [2.05, 4.69) is 20.6 Å². The Bertz CT molecular complexity index is 806. The Morgan fingerprint density at radius 1 is 1.23 bits per heavy atom. The van der Waals surface area contributed by atoms with Crippen molar-refractivity contribution in [3.63, 3.8) is 0 Å². The molecule has 1 atom stereocenters. The number of aromatic nitrogens is 1. The number of anilines is 1. The normalized spacial score (nSPS) is 16.2. The van der Waals surface area contributed by atoms with Gasteiger partial charge in [-0.25, -0.2) is 13.8 Å². The topological polar surface area (TPSA) is 61.8 Å². The number of aliphatic imine (C=N–C) groups is 1. The summed E-state index contributed by atoms with van der Waals surface area (Å²) in [6.07, 6.45) is 4.29. The first-order chi connectivity index (χ1) is 14.2. The number of unbranched alkanes of at least 4 members (excludes halogenated alkanes) is 1. The Morgan fingerprint density at radius 3 is 2.77 bits per heavy atom. The predicted octanol–water partition coefficient (Wildman–Crippen LogP) is 3.58. The second-order valence-electron chi connectivity index (χ2n) is 6.89. The van der Waals surface area contributed by atoms with Gasteiger partial charge in [0.15, 0.2) is 17.6 Å². The molecule has 0 spiro atoms. The lowest BCUT2D eigenvalue weighted by Crippen LogP contribution is -2.45. The van der Waals surface area contributed by atoms with Crippen molar-refractivity contribution in [1.29, 1.82) is 0 Å². The van der Waals surface area contributed by atoms with Crippen LogP contribution in [0.25, 0.3) is 0 Å². The molecule has 2 aromatic rings. The van der Waals surface area contributed by atoms with Crippen molar-refractivity contribution in [2.24, 2.45) is 4.99 Å². The molecule has 0 amide bonds. The Labute approximate surface area is 193 Å². The zero-order chi connectivity index (χ0) is 20.5. The summed E-state index contributed by atoms with van der Waals surface area (Å²) in [5.74, 6) is 1.25. The minimum Gasteiger partial charge on any atom is -0.494 e. The highest BCUT2D eigenvalue weighted by atomic mass is 127. The third-order valence-corrected chi connectivity index (χ3v) is 4.74. The van der Waals surface area contributed by atoms with Crippen LogP contribution in [-0.2, 0) is 0 Å². The van der Waals surface area contributed by atoms with E-state index in [0.717, 1.165) is 38.3 Å².